The molecule has 1 N–H and O–H groups in total. The lowest BCUT2D eigenvalue weighted by Crippen LogP contribution is -2.20. The summed E-state index contributed by atoms with van der Waals surface area (Å²) in [7, 11) is 0. The number of nitro groups is 1. The van der Waals surface area contributed by atoms with Gasteiger partial charge in [-0.05, 0) is 31.7 Å². The molecule has 0 heterocycles. The summed E-state index contributed by atoms with van der Waals surface area (Å²) in [5.41, 5.74) is -0.608. The number of aliphatic hydroxyl groups is 1. The molecule has 1 aromatic carbocycles. The van der Waals surface area contributed by atoms with Gasteiger partial charge in [0.2, 0.25) is 0 Å². The van der Waals surface area contributed by atoms with E-state index < -0.39 is 10.5 Å². The number of hydrogen-bond acceptors (Lipinski definition) is 3. The minimum Gasteiger partial charge on any atom is -0.378 e. The molecule has 0 unspecified atom stereocenters. The van der Waals surface area contributed by atoms with Gasteiger partial charge in [-0.25, -0.2) is 0 Å². The van der Waals surface area contributed by atoms with Crippen LogP contribution in [0.5, 0.6) is 0 Å². The molecule has 1 aliphatic rings. The smallest absolute Gasteiger partial charge is 0.284 e. The van der Waals surface area contributed by atoms with Crippen molar-refractivity contribution < 1.29 is 10.0 Å². The van der Waals surface area contributed by atoms with Gasteiger partial charge in [-0.1, -0.05) is 24.0 Å². The molecule has 1 aromatic rings. The van der Waals surface area contributed by atoms with Crippen molar-refractivity contribution in [1.82, 2.24) is 0 Å². The van der Waals surface area contributed by atoms with Gasteiger partial charge in [0.15, 0.2) is 0 Å². The Morgan fingerprint density at radius 1 is 1.29 bits per heavy atom. The Morgan fingerprint density at radius 3 is 2.59 bits per heavy atom. The zero-order valence-corrected chi connectivity index (χ0v) is 9.35. The lowest BCUT2D eigenvalue weighted by molar-refractivity contribution is -0.385. The molecule has 1 aliphatic carbocycles. The van der Waals surface area contributed by atoms with E-state index in [0.717, 1.165) is 12.8 Å². The molecule has 0 atom stereocenters. The molecule has 0 amide bonds. The lowest BCUT2D eigenvalue weighted by atomic mass is 10.0. The third kappa shape index (κ3) is 2.63. The summed E-state index contributed by atoms with van der Waals surface area (Å²) >= 11 is 0. The lowest BCUT2D eigenvalue weighted by Gasteiger charge is -2.12. The van der Waals surface area contributed by atoms with E-state index in [1.54, 1.807) is 18.2 Å². The second-order valence-corrected chi connectivity index (χ2v) is 4.26. The van der Waals surface area contributed by atoms with Gasteiger partial charge in [0.25, 0.3) is 5.69 Å². The zero-order valence-electron chi connectivity index (χ0n) is 9.35. The molecule has 0 saturated heterocycles. The van der Waals surface area contributed by atoms with Crippen molar-refractivity contribution in [3.8, 4) is 11.8 Å². The van der Waals surface area contributed by atoms with Crippen molar-refractivity contribution in [2.45, 2.75) is 31.3 Å². The fourth-order valence-electron chi connectivity index (χ4n) is 2.01. The van der Waals surface area contributed by atoms with Crippen LogP contribution in [-0.4, -0.2) is 15.6 Å². The van der Waals surface area contributed by atoms with Crippen molar-refractivity contribution in [3.63, 3.8) is 0 Å². The van der Waals surface area contributed by atoms with Crippen molar-refractivity contribution in [2.75, 3.05) is 0 Å². The molecule has 0 radical (unpaired) electrons. The molecule has 4 heteroatoms. The van der Waals surface area contributed by atoms with Crippen LogP contribution in [0.15, 0.2) is 24.3 Å². The van der Waals surface area contributed by atoms with Crippen LogP contribution in [0.2, 0.25) is 0 Å². The van der Waals surface area contributed by atoms with Crippen LogP contribution in [0.25, 0.3) is 0 Å². The predicted molar refractivity (Wildman–Crippen MR) is 63.4 cm³/mol. The summed E-state index contributed by atoms with van der Waals surface area (Å²) in [6.45, 7) is 0. The highest BCUT2D eigenvalue weighted by Gasteiger charge is 2.28. The Hall–Kier alpha value is -1.86. The summed E-state index contributed by atoms with van der Waals surface area (Å²) in [5, 5.41) is 20.8. The van der Waals surface area contributed by atoms with Crippen LogP contribution in [0.1, 0.15) is 31.2 Å². The number of rotatable bonds is 1. The SMILES string of the molecule is O=[N+]([O-])c1ccccc1C#CC1(O)CCCC1. The Labute approximate surface area is 99.4 Å². The van der Waals surface area contributed by atoms with Crippen LogP contribution in [0.3, 0.4) is 0 Å². The molecule has 0 aromatic heterocycles. The summed E-state index contributed by atoms with van der Waals surface area (Å²) in [6.07, 6.45) is 3.23. The molecule has 4 nitrogen and oxygen atoms in total. The Kier molecular flexibility index (Phi) is 3.12. The number of benzene rings is 1. The number of para-hydroxylation sites is 1. The van der Waals surface area contributed by atoms with Crippen LogP contribution in [0.4, 0.5) is 5.69 Å². The average molecular weight is 231 g/mol. The fraction of sp³-hybridized carbons (Fsp3) is 0.385. The van der Waals surface area contributed by atoms with Gasteiger partial charge in [0.05, 0.1) is 4.92 Å². The van der Waals surface area contributed by atoms with Gasteiger partial charge in [-0.2, -0.15) is 0 Å². The Morgan fingerprint density at radius 2 is 1.94 bits per heavy atom. The second kappa shape index (κ2) is 4.56. The van der Waals surface area contributed by atoms with Crippen LogP contribution in [0, 0.1) is 22.0 Å². The van der Waals surface area contributed by atoms with Crippen LogP contribution in [-0.2, 0) is 0 Å². The van der Waals surface area contributed by atoms with E-state index in [0.29, 0.717) is 18.4 Å². The van der Waals surface area contributed by atoms with E-state index in [9.17, 15) is 15.2 Å². The molecule has 2 rings (SSSR count). The average Bonchev–Trinajstić information content (AvgIpc) is 2.74. The highest BCUT2D eigenvalue weighted by molar-refractivity contribution is 5.51. The molecule has 17 heavy (non-hydrogen) atoms. The third-order valence-corrected chi connectivity index (χ3v) is 2.96. The maximum atomic E-state index is 10.8. The standard InChI is InChI=1S/C13H13NO3/c15-13(8-3-4-9-13)10-7-11-5-1-2-6-12(11)14(16)17/h1-2,5-6,15H,3-4,8-9H2. The fourth-order valence-corrected chi connectivity index (χ4v) is 2.01. The molecule has 0 aliphatic heterocycles. The summed E-state index contributed by atoms with van der Waals surface area (Å²) in [5.74, 6) is 5.51. The van der Waals surface area contributed by atoms with E-state index in [4.69, 9.17) is 0 Å². The van der Waals surface area contributed by atoms with E-state index in [1.807, 2.05) is 0 Å². The third-order valence-electron chi connectivity index (χ3n) is 2.96. The molecular weight excluding hydrogens is 218 g/mol. The van der Waals surface area contributed by atoms with Crippen molar-refractivity contribution in [3.05, 3.63) is 39.9 Å². The molecular formula is C13H13NO3. The van der Waals surface area contributed by atoms with Gasteiger partial charge in [-0.3, -0.25) is 10.1 Å². The quantitative estimate of drug-likeness (QED) is 0.458. The van der Waals surface area contributed by atoms with E-state index in [-0.39, 0.29) is 5.69 Å². The second-order valence-electron chi connectivity index (χ2n) is 4.26. The largest absolute Gasteiger partial charge is 0.378 e. The maximum Gasteiger partial charge on any atom is 0.284 e. The van der Waals surface area contributed by atoms with Crippen molar-refractivity contribution in [2.24, 2.45) is 0 Å². The minimum absolute atomic E-state index is 0.0124. The maximum absolute atomic E-state index is 10.8. The molecule has 0 bridgehead atoms. The highest BCUT2D eigenvalue weighted by atomic mass is 16.6. The molecule has 1 fully saturated rings. The molecule has 1 saturated carbocycles. The van der Waals surface area contributed by atoms with Gasteiger partial charge in [0, 0.05) is 6.07 Å². The number of nitro benzene ring substituents is 1. The summed E-state index contributed by atoms with van der Waals surface area (Å²) < 4.78 is 0. The normalized spacial score (nSPS) is 17.2. The van der Waals surface area contributed by atoms with Gasteiger partial charge in [0.1, 0.15) is 11.2 Å². The zero-order chi connectivity index (χ0) is 12.3. The Balaban J connectivity index is 2.30. The van der Waals surface area contributed by atoms with Gasteiger partial charge in [-0.15, -0.1) is 0 Å². The summed E-state index contributed by atoms with van der Waals surface area (Å²) in [4.78, 5) is 10.3. The monoisotopic (exact) mass is 231 g/mol. The van der Waals surface area contributed by atoms with Crippen molar-refractivity contribution >= 4 is 5.69 Å². The van der Waals surface area contributed by atoms with E-state index in [2.05, 4.69) is 11.8 Å². The van der Waals surface area contributed by atoms with Gasteiger partial charge < -0.3 is 5.11 Å². The topological polar surface area (TPSA) is 63.4 Å². The van der Waals surface area contributed by atoms with E-state index in [1.165, 1.54) is 6.07 Å². The predicted octanol–water partition coefficient (Wildman–Crippen LogP) is 2.25. The van der Waals surface area contributed by atoms with Crippen molar-refractivity contribution in [1.29, 1.82) is 0 Å². The Bertz CT molecular complexity index is 493. The van der Waals surface area contributed by atoms with E-state index >= 15 is 0 Å². The highest BCUT2D eigenvalue weighted by Crippen LogP contribution is 2.29. The first-order chi connectivity index (χ1) is 8.11. The van der Waals surface area contributed by atoms with Crippen LogP contribution < -0.4 is 0 Å². The number of hydrogen-bond donors (Lipinski definition) is 1. The number of nitrogens with zero attached hydrogens (tertiary/aromatic N) is 1. The van der Waals surface area contributed by atoms with Crippen LogP contribution >= 0.6 is 0 Å². The first-order valence-electron chi connectivity index (χ1n) is 5.60. The minimum atomic E-state index is -0.955. The first kappa shape index (κ1) is 11.6. The molecule has 0 spiro atoms. The molecule has 88 valence electrons. The summed E-state index contributed by atoms with van der Waals surface area (Å²) in [6, 6.07) is 6.33. The first-order valence-corrected chi connectivity index (χ1v) is 5.60. The van der Waals surface area contributed by atoms with Gasteiger partial charge >= 0.3 is 0 Å².